The molecule has 1 aromatic carbocycles. The molecule has 0 bridgehead atoms. The van der Waals surface area contributed by atoms with E-state index in [9.17, 15) is 8.42 Å². The van der Waals surface area contributed by atoms with E-state index in [4.69, 9.17) is 9.15 Å². The van der Waals surface area contributed by atoms with Crippen molar-refractivity contribution in [2.24, 2.45) is 0 Å². The van der Waals surface area contributed by atoms with Gasteiger partial charge in [-0.1, -0.05) is 0 Å². The maximum absolute atomic E-state index is 12.3. The fourth-order valence-electron chi connectivity index (χ4n) is 2.05. The van der Waals surface area contributed by atoms with Crippen molar-refractivity contribution in [3.05, 3.63) is 54.7 Å². The van der Waals surface area contributed by atoms with E-state index in [1.54, 1.807) is 36.7 Å². The molecule has 3 aromatic rings. The number of hydrogen-bond acceptors (Lipinski definition) is 7. The van der Waals surface area contributed by atoms with Crippen LogP contribution in [-0.2, 0) is 16.6 Å². The second kappa shape index (κ2) is 7.41. The molecule has 0 saturated heterocycles. The van der Waals surface area contributed by atoms with Crippen LogP contribution in [0.15, 0.2) is 58.1 Å². The number of nitrogens with one attached hydrogen (secondary N) is 1. The first-order valence-electron chi connectivity index (χ1n) is 7.54. The molecule has 2 aromatic heterocycles. The summed E-state index contributed by atoms with van der Waals surface area (Å²) in [5, 5.41) is 7.72. The number of sulfonamides is 1. The van der Waals surface area contributed by atoms with Crippen molar-refractivity contribution in [1.29, 1.82) is 0 Å². The Kier molecular flexibility index (Phi) is 5.05. The van der Waals surface area contributed by atoms with Crippen LogP contribution in [0.25, 0.3) is 11.5 Å². The average molecular weight is 360 g/mol. The zero-order chi connectivity index (χ0) is 17.7. The lowest BCUT2D eigenvalue weighted by molar-refractivity contribution is 0.340. The minimum Gasteiger partial charge on any atom is -0.494 e. The van der Waals surface area contributed by atoms with Gasteiger partial charge in [-0.3, -0.25) is 4.98 Å². The van der Waals surface area contributed by atoms with E-state index in [1.807, 2.05) is 6.92 Å². The van der Waals surface area contributed by atoms with Crippen LogP contribution in [-0.4, -0.2) is 30.2 Å². The predicted octanol–water partition coefficient (Wildman–Crippen LogP) is 2.01. The standard InChI is InChI=1S/C16H16N4O4S/c1-2-23-13-5-7-14(8-6-13)25(21,22)18-11-15-19-20-16(24-15)12-4-3-9-17-10-12/h3-10,18H,2,11H2,1H3. The molecule has 130 valence electrons. The summed E-state index contributed by atoms with van der Waals surface area (Å²) >= 11 is 0. The van der Waals surface area contributed by atoms with Gasteiger partial charge in [-0.15, -0.1) is 10.2 Å². The molecule has 1 N–H and O–H groups in total. The van der Waals surface area contributed by atoms with Gasteiger partial charge < -0.3 is 9.15 Å². The number of nitrogens with zero attached hydrogens (tertiary/aromatic N) is 3. The molecule has 3 rings (SSSR count). The normalized spacial score (nSPS) is 11.4. The summed E-state index contributed by atoms with van der Waals surface area (Å²) in [4.78, 5) is 4.09. The van der Waals surface area contributed by atoms with Crippen LogP contribution < -0.4 is 9.46 Å². The predicted molar refractivity (Wildman–Crippen MR) is 89.2 cm³/mol. The first-order valence-corrected chi connectivity index (χ1v) is 9.02. The number of benzene rings is 1. The maximum atomic E-state index is 12.3. The minimum absolute atomic E-state index is 0.108. The molecule has 9 heteroatoms. The lowest BCUT2D eigenvalue weighted by atomic mass is 10.3. The molecule has 0 aliphatic carbocycles. The highest BCUT2D eigenvalue weighted by Gasteiger charge is 2.16. The maximum Gasteiger partial charge on any atom is 0.249 e. The summed E-state index contributed by atoms with van der Waals surface area (Å²) in [5.41, 5.74) is 0.663. The Balaban J connectivity index is 1.67. The van der Waals surface area contributed by atoms with Gasteiger partial charge in [0.15, 0.2) is 0 Å². The van der Waals surface area contributed by atoms with Gasteiger partial charge in [0.1, 0.15) is 5.75 Å². The Morgan fingerprint density at radius 3 is 2.64 bits per heavy atom. The quantitative estimate of drug-likeness (QED) is 0.686. The van der Waals surface area contributed by atoms with Crippen molar-refractivity contribution in [1.82, 2.24) is 19.9 Å². The van der Waals surface area contributed by atoms with Gasteiger partial charge in [-0.2, -0.15) is 0 Å². The van der Waals surface area contributed by atoms with E-state index in [-0.39, 0.29) is 23.2 Å². The molecular weight excluding hydrogens is 344 g/mol. The molecule has 0 amide bonds. The van der Waals surface area contributed by atoms with Gasteiger partial charge in [-0.25, -0.2) is 13.1 Å². The molecule has 0 fully saturated rings. The Bertz CT molecular complexity index is 924. The highest BCUT2D eigenvalue weighted by atomic mass is 32.2. The van der Waals surface area contributed by atoms with Crippen LogP contribution in [0.2, 0.25) is 0 Å². The van der Waals surface area contributed by atoms with Crippen LogP contribution in [0.5, 0.6) is 5.75 Å². The van der Waals surface area contributed by atoms with E-state index in [0.717, 1.165) is 0 Å². The third-order valence-electron chi connectivity index (χ3n) is 3.23. The van der Waals surface area contributed by atoms with E-state index < -0.39 is 10.0 Å². The highest BCUT2D eigenvalue weighted by Crippen LogP contribution is 2.18. The zero-order valence-corrected chi connectivity index (χ0v) is 14.2. The van der Waals surface area contributed by atoms with Crippen LogP contribution in [0, 0.1) is 0 Å². The lowest BCUT2D eigenvalue weighted by Crippen LogP contribution is -2.23. The van der Waals surface area contributed by atoms with Gasteiger partial charge in [0, 0.05) is 12.4 Å². The second-order valence-corrected chi connectivity index (χ2v) is 6.74. The molecule has 8 nitrogen and oxygen atoms in total. The van der Waals surface area contributed by atoms with Crippen LogP contribution in [0.4, 0.5) is 0 Å². The summed E-state index contributed by atoms with van der Waals surface area (Å²) < 4.78 is 37.8. The monoisotopic (exact) mass is 360 g/mol. The summed E-state index contributed by atoms with van der Waals surface area (Å²) in [6.07, 6.45) is 3.22. The van der Waals surface area contributed by atoms with E-state index in [1.165, 1.54) is 12.1 Å². The molecule has 0 aliphatic heterocycles. The van der Waals surface area contributed by atoms with Gasteiger partial charge >= 0.3 is 0 Å². The third-order valence-corrected chi connectivity index (χ3v) is 4.65. The molecule has 25 heavy (non-hydrogen) atoms. The Morgan fingerprint density at radius 1 is 1.16 bits per heavy atom. The first-order chi connectivity index (χ1) is 12.1. The first kappa shape index (κ1) is 17.1. The molecule has 0 aliphatic rings. The number of hydrogen-bond donors (Lipinski definition) is 1. The zero-order valence-electron chi connectivity index (χ0n) is 13.4. The van der Waals surface area contributed by atoms with Gasteiger partial charge in [0.25, 0.3) is 0 Å². The topological polar surface area (TPSA) is 107 Å². The third kappa shape index (κ3) is 4.20. The fourth-order valence-corrected chi connectivity index (χ4v) is 3.03. The molecular formula is C16H16N4O4S. The largest absolute Gasteiger partial charge is 0.494 e. The van der Waals surface area contributed by atoms with Crippen molar-refractivity contribution in [3.63, 3.8) is 0 Å². The van der Waals surface area contributed by atoms with Crippen molar-refractivity contribution in [2.45, 2.75) is 18.4 Å². The van der Waals surface area contributed by atoms with E-state index >= 15 is 0 Å². The molecule has 0 atom stereocenters. The summed E-state index contributed by atoms with van der Waals surface area (Å²) in [6.45, 7) is 2.26. The van der Waals surface area contributed by atoms with E-state index in [0.29, 0.717) is 17.9 Å². The Labute approximate surface area is 144 Å². The minimum atomic E-state index is -3.69. The van der Waals surface area contributed by atoms with Crippen LogP contribution in [0.1, 0.15) is 12.8 Å². The van der Waals surface area contributed by atoms with E-state index in [2.05, 4.69) is 19.9 Å². The lowest BCUT2D eigenvalue weighted by Gasteiger charge is -2.06. The van der Waals surface area contributed by atoms with Crippen molar-refractivity contribution >= 4 is 10.0 Å². The van der Waals surface area contributed by atoms with Gasteiger partial charge in [0.2, 0.25) is 21.8 Å². The summed E-state index contributed by atoms with van der Waals surface area (Å²) in [5.74, 6) is 1.05. The number of pyridine rings is 1. The SMILES string of the molecule is CCOc1ccc(S(=O)(=O)NCc2nnc(-c3cccnc3)o2)cc1. The second-order valence-electron chi connectivity index (χ2n) is 4.97. The number of rotatable bonds is 7. The molecule has 0 unspecified atom stereocenters. The van der Waals surface area contributed by atoms with Crippen LogP contribution >= 0.6 is 0 Å². The van der Waals surface area contributed by atoms with Crippen molar-refractivity contribution in [2.75, 3.05) is 6.61 Å². The van der Waals surface area contributed by atoms with Crippen molar-refractivity contribution in [3.8, 4) is 17.2 Å². The average Bonchev–Trinajstić information content (AvgIpc) is 3.11. The molecule has 0 spiro atoms. The molecule has 2 heterocycles. The van der Waals surface area contributed by atoms with Crippen LogP contribution in [0.3, 0.4) is 0 Å². The smallest absolute Gasteiger partial charge is 0.249 e. The number of aromatic nitrogens is 3. The number of ether oxygens (including phenoxy) is 1. The van der Waals surface area contributed by atoms with Crippen molar-refractivity contribution < 1.29 is 17.6 Å². The van der Waals surface area contributed by atoms with Gasteiger partial charge in [0.05, 0.1) is 23.6 Å². The molecule has 0 saturated carbocycles. The Hall–Kier alpha value is -2.78. The Morgan fingerprint density at radius 2 is 1.96 bits per heavy atom. The summed E-state index contributed by atoms with van der Waals surface area (Å²) in [6, 6.07) is 9.67. The molecule has 0 radical (unpaired) electrons. The highest BCUT2D eigenvalue weighted by molar-refractivity contribution is 7.89. The van der Waals surface area contributed by atoms with Gasteiger partial charge in [-0.05, 0) is 43.3 Å². The summed E-state index contributed by atoms with van der Waals surface area (Å²) in [7, 11) is -3.69. The fraction of sp³-hybridized carbons (Fsp3) is 0.188.